The van der Waals surface area contributed by atoms with Gasteiger partial charge in [-0.3, -0.25) is 4.79 Å². The Hall–Kier alpha value is -2.48. The molecule has 0 aliphatic heterocycles. The zero-order valence-corrected chi connectivity index (χ0v) is 14.0. The van der Waals surface area contributed by atoms with Gasteiger partial charge in [0.05, 0.1) is 10.6 Å². The van der Waals surface area contributed by atoms with Crippen LogP contribution >= 0.6 is 11.6 Å². The largest absolute Gasteiger partial charge is 0.479 e. The Balaban J connectivity index is 2.24. The molecule has 2 N–H and O–H groups in total. The van der Waals surface area contributed by atoms with Crippen LogP contribution in [0.15, 0.2) is 24.5 Å². The molecular formula is C15H16ClFN4O3. The molecule has 9 heteroatoms. The SMILES string of the molecule is CC(C)(C)n1cnc(C(=O)NC(C(=O)O)c2ccc(Cl)c(F)c2)n1. The minimum absolute atomic E-state index is 0.0491. The third-order valence-electron chi connectivity index (χ3n) is 3.18. The van der Waals surface area contributed by atoms with Crippen molar-refractivity contribution in [1.29, 1.82) is 0 Å². The summed E-state index contributed by atoms with van der Waals surface area (Å²) in [5, 5.41) is 15.5. The molecule has 7 nitrogen and oxygen atoms in total. The van der Waals surface area contributed by atoms with E-state index in [0.29, 0.717) is 0 Å². The Labute approximate surface area is 142 Å². The number of carboxylic acids is 1. The minimum Gasteiger partial charge on any atom is -0.479 e. The molecule has 2 aromatic rings. The highest BCUT2D eigenvalue weighted by molar-refractivity contribution is 6.30. The summed E-state index contributed by atoms with van der Waals surface area (Å²) in [5.74, 6) is -3.07. The molecule has 0 spiro atoms. The molecular weight excluding hydrogens is 339 g/mol. The number of amides is 1. The van der Waals surface area contributed by atoms with Crippen molar-refractivity contribution in [2.45, 2.75) is 32.4 Å². The molecule has 0 saturated heterocycles. The Morgan fingerprint density at radius 3 is 2.54 bits per heavy atom. The number of hydrogen-bond donors (Lipinski definition) is 2. The maximum atomic E-state index is 13.5. The molecule has 1 heterocycles. The van der Waals surface area contributed by atoms with Gasteiger partial charge in [-0.2, -0.15) is 0 Å². The normalized spacial score (nSPS) is 12.7. The van der Waals surface area contributed by atoms with Crippen molar-refractivity contribution in [3.05, 3.63) is 46.8 Å². The first-order valence-electron chi connectivity index (χ1n) is 7.00. The molecule has 1 aromatic carbocycles. The third-order valence-corrected chi connectivity index (χ3v) is 3.49. The third kappa shape index (κ3) is 3.88. The molecule has 2 rings (SSSR count). The van der Waals surface area contributed by atoms with Crippen molar-refractivity contribution in [2.24, 2.45) is 0 Å². The van der Waals surface area contributed by atoms with Crippen molar-refractivity contribution in [3.8, 4) is 0 Å². The van der Waals surface area contributed by atoms with E-state index in [1.165, 1.54) is 23.1 Å². The van der Waals surface area contributed by atoms with Gasteiger partial charge in [-0.15, -0.1) is 5.10 Å². The highest BCUT2D eigenvalue weighted by Crippen LogP contribution is 2.21. The number of carbonyl (C=O) groups is 2. The predicted molar refractivity (Wildman–Crippen MR) is 84.3 cm³/mol. The smallest absolute Gasteiger partial charge is 0.330 e. The zero-order chi connectivity index (χ0) is 18.1. The van der Waals surface area contributed by atoms with Gasteiger partial charge in [0, 0.05) is 0 Å². The Morgan fingerprint density at radius 2 is 2.04 bits per heavy atom. The number of hydrogen-bond acceptors (Lipinski definition) is 4. The van der Waals surface area contributed by atoms with Crippen LogP contribution in [0.3, 0.4) is 0 Å². The monoisotopic (exact) mass is 354 g/mol. The lowest BCUT2D eigenvalue weighted by atomic mass is 10.1. The lowest BCUT2D eigenvalue weighted by molar-refractivity contribution is -0.139. The Morgan fingerprint density at radius 1 is 1.38 bits per heavy atom. The molecule has 1 atom stereocenters. The summed E-state index contributed by atoms with van der Waals surface area (Å²) in [6.45, 7) is 5.62. The molecule has 1 amide bonds. The molecule has 0 radical (unpaired) electrons. The number of halogens is 2. The summed E-state index contributed by atoms with van der Waals surface area (Å²) in [7, 11) is 0. The summed E-state index contributed by atoms with van der Waals surface area (Å²) in [5.41, 5.74) is -0.329. The summed E-state index contributed by atoms with van der Waals surface area (Å²) < 4.78 is 15.0. The summed E-state index contributed by atoms with van der Waals surface area (Å²) >= 11 is 5.58. The summed E-state index contributed by atoms with van der Waals surface area (Å²) in [6.07, 6.45) is 1.38. The van der Waals surface area contributed by atoms with E-state index >= 15 is 0 Å². The van der Waals surface area contributed by atoms with Gasteiger partial charge < -0.3 is 10.4 Å². The zero-order valence-electron chi connectivity index (χ0n) is 13.2. The maximum absolute atomic E-state index is 13.5. The van der Waals surface area contributed by atoms with Gasteiger partial charge in [-0.1, -0.05) is 17.7 Å². The van der Waals surface area contributed by atoms with Crippen LogP contribution in [0.25, 0.3) is 0 Å². The Kier molecular flexibility index (Phi) is 4.88. The highest BCUT2D eigenvalue weighted by atomic mass is 35.5. The number of nitrogens with one attached hydrogen (secondary N) is 1. The average Bonchev–Trinajstić information content (AvgIpc) is 2.97. The molecule has 0 aliphatic carbocycles. The van der Waals surface area contributed by atoms with Crippen LogP contribution in [-0.2, 0) is 10.3 Å². The second-order valence-electron chi connectivity index (χ2n) is 6.10. The fourth-order valence-corrected chi connectivity index (χ4v) is 1.98. The summed E-state index contributed by atoms with van der Waals surface area (Å²) in [4.78, 5) is 27.5. The number of nitrogens with zero attached hydrogens (tertiary/aromatic N) is 3. The molecule has 24 heavy (non-hydrogen) atoms. The number of aromatic nitrogens is 3. The fraction of sp³-hybridized carbons (Fsp3) is 0.333. The van der Waals surface area contributed by atoms with Gasteiger partial charge in [-0.05, 0) is 38.5 Å². The van der Waals surface area contributed by atoms with E-state index in [1.807, 2.05) is 20.8 Å². The second-order valence-corrected chi connectivity index (χ2v) is 6.51. The first-order valence-corrected chi connectivity index (χ1v) is 7.38. The standard InChI is InChI=1S/C15H16ClFN4O3/c1-15(2,3)21-7-18-12(20-21)13(22)19-11(14(23)24)8-4-5-9(16)10(17)6-8/h4-7,11H,1-3H3,(H,19,22)(H,23,24). The van der Waals surface area contributed by atoms with Gasteiger partial charge in [-0.25, -0.2) is 18.9 Å². The van der Waals surface area contributed by atoms with Gasteiger partial charge in [0.2, 0.25) is 5.82 Å². The lowest BCUT2D eigenvalue weighted by Crippen LogP contribution is -2.34. The van der Waals surface area contributed by atoms with Crippen molar-refractivity contribution in [3.63, 3.8) is 0 Å². The van der Waals surface area contributed by atoms with Crippen molar-refractivity contribution < 1.29 is 19.1 Å². The number of carboxylic acid groups (broad SMARTS) is 1. The minimum atomic E-state index is -1.45. The van der Waals surface area contributed by atoms with Gasteiger partial charge >= 0.3 is 5.97 Å². The van der Waals surface area contributed by atoms with E-state index in [2.05, 4.69) is 15.4 Å². The van der Waals surface area contributed by atoms with Crippen LogP contribution in [-0.4, -0.2) is 31.7 Å². The molecule has 128 valence electrons. The average molecular weight is 355 g/mol. The topological polar surface area (TPSA) is 97.1 Å². The van der Waals surface area contributed by atoms with E-state index in [-0.39, 0.29) is 21.9 Å². The second kappa shape index (κ2) is 6.56. The van der Waals surface area contributed by atoms with Crippen molar-refractivity contribution in [1.82, 2.24) is 20.1 Å². The predicted octanol–water partition coefficient (Wildman–Crippen LogP) is 2.38. The Bertz CT molecular complexity index is 785. The van der Waals surface area contributed by atoms with Crippen molar-refractivity contribution in [2.75, 3.05) is 0 Å². The number of benzene rings is 1. The van der Waals surface area contributed by atoms with Crippen LogP contribution in [0.4, 0.5) is 4.39 Å². The first kappa shape index (κ1) is 17.9. The van der Waals surface area contributed by atoms with Crippen molar-refractivity contribution >= 4 is 23.5 Å². The van der Waals surface area contributed by atoms with Crippen LogP contribution in [0.2, 0.25) is 5.02 Å². The van der Waals surface area contributed by atoms with Crippen LogP contribution < -0.4 is 5.32 Å². The molecule has 1 aromatic heterocycles. The van der Waals surface area contributed by atoms with E-state index in [0.717, 1.165) is 6.07 Å². The van der Waals surface area contributed by atoms with Gasteiger partial charge in [0.1, 0.15) is 12.1 Å². The molecule has 0 saturated carbocycles. The van der Waals surface area contributed by atoms with E-state index < -0.39 is 23.7 Å². The lowest BCUT2D eigenvalue weighted by Gasteiger charge is -2.17. The molecule has 1 unspecified atom stereocenters. The van der Waals surface area contributed by atoms with Crippen LogP contribution in [0, 0.1) is 5.82 Å². The summed E-state index contributed by atoms with van der Waals surface area (Å²) in [6, 6.07) is 2.06. The maximum Gasteiger partial charge on any atom is 0.330 e. The van der Waals surface area contributed by atoms with E-state index in [1.54, 1.807) is 0 Å². The number of rotatable bonds is 4. The number of carbonyl (C=O) groups excluding carboxylic acids is 1. The molecule has 0 aliphatic rings. The van der Waals surface area contributed by atoms with Crippen LogP contribution in [0.1, 0.15) is 43.0 Å². The number of aliphatic carboxylic acids is 1. The quantitative estimate of drug-likeness (QED) is 0.878. The fourth-order valence-electron chi connectivity index (χ4n) is 1.87. The van der Waals surface area contributed by atoms with Gasteiger partial charge in [0.25, 0.3) is 5.91 Å². The first-order chi connectivity index (χ1) is 11.1. The highest BCUT2D eigenvalue weighted by Gasteiger charge is 2.26. The molecule has 0 fully saturated rings. The van der Waals surface area contributed by atoms with E-state index in [9.17, 15) is 19.1 Å². The molecule has 0 bridgehead atoms. The van der Waals surface area contributed by atoms with Crippen LogP contribution in [0.5, 0.6) is 0 Å². The van der Waals surface area contributed by atoms with Gasteiger partial charge in [0.15, 0.2) is 6.04 Å². The van der Waals surface area contributed by atoms with E-state index in [4.69, 9.17) is 11.6 Å².